The van der Waals surface area contributed by atoms with Gasteiger partial charge in [0, 0.05) is 19.6 Å². The standard InChI is InChI=1S/C22H25NO2/c1-3-25-22(24)21-16-23(15-18-10-5-4-6-11-18)14-13-20(21)19-12-8-7-9-17(19)2/h4-12H,3,13-16H2,1-2H3. The average molecular weight is 335 g/mol. The van der Waals surface area contributed by atoms with Gasteiger partial charge in [-0.3, -0.25) is 4.90 Å². The number of hydrogen-bond donors (Lipinski definition) is 0. The van der Waals surface area contributed by atoms with Gasteiger partial charge in [0.15, 0.2) is 0 Å². The van der Waals surface area contributed by atoms with Crippen molar-refractivity contribution in [1.29, 1.82) is 0 Å². The summed E-state index contributed by atoms with van der Waals surface area (Å²) in [6.45, 7) is 6.80. The molecule has 3 nitrogen and oxygen atoms in total. The van der Waals surface area contributed by atoms with Crippen LogP contribution in [0.25, 0.3) is 5.57 Å². The molecule has 2 aromatic rings. The third-order valence-corrected chi connectivity index (χ3v) is 4.67. The summed E-state index contributed by atoms with van der Waals surface area (Å²) in [4.78, 5) is 14.9. The molecule has 25 heavy (non-hydrogen) atoms. The number of esters is 1. The molecule has 1 aliphatic rings. The van der Waals surface area contributed by atoms with Gasteiger partial charge in [-0.2, -0.15) is 0 Å². The quantitative estimate of drug-likeness (QED) is 0.766. The Morgan fingerprint density at radius 2 is 1.80 bits per heavy atom. The number of nitrogens with zero attached hydrogens (tertiary/aromatic N) is 1. The van der Waals surface area contributed by atoms with Crippen LogP contribution in [0.1, 0.15) is 30.0 Å². The SMILES string of the molecule is CCOC(=O)C1=C(c2ccccc2C)CCN(Cc2ccccc2)C1. The summed E-state index contributed by atoms with van der Waals surface area (Å²) < 4.78 is 5.35. The summed E-state index contributed by atoms with van der Waals surface area (Å²) in [5.41, 5.74) is 5.59. The molecule has 0 unspecified atom stereocenters. The zero-order valence-electron chi connectivity index (χ0n) is 15.0. The number of rotatable bonds is 5. The van der Waals surface area contributed by atoms with Crippen LogP contribution >= 0.6 is 0 Å². The number of carbonyl (C=O) groups excluding carboxylic acids is 1. The molecule has 1 heterocycles. The Hall–Kier alpha value is -2.39. The zero-order valence-corrected chi connectivity index (χ0v) is 15.0. The smallest absolute Gasteiger partial charge is 0.335 e. The second-order valence-electron chi connectivity index (χ2n) is 6.44. The minimum atomic E-state index is -0.182. The molecule has 0 atom stereocenters. The zero-order chi connectivity index (χ0) is 17.6. The van der Waals surface area contributed by atoms with E-state index in [9.17, 15) is 4.79 Å². The summed E-state index contributed by atoms with van der Waals surface area (Å²) in [6.07, 6.45) is 0.867. The van der Waals surface area contributed by atoms with Crippen molar-refractivity contribution in [2.75, 3.05) is 19.7 Å². The Bertz CT molecular complexity index is 765. The van der Waals surface area contributed by atoms with Gasteiger partial charge in [-0.05, 0) is 42.5 Å². The molecule has 0 spiro atoms. The van der Waals surface area contributed by atoms with E-state index in [2.05, 4.69) is 48.2 Å². The number of benzene rings is 2. The maximum Gasteiger partial charge on any atom is 0.335 e. The fourth-order valence-corrected chi connectivity index (χ4v) is 3.41. The highest BCUT2D eigenvalue weighted by Gasteiger charge is 2.26. The minimum Gasteiger partial charge on any atom is -0.463 e. The van der Waals surface area contributed by atoms with Crippen LogP contribution in [-0.2, 0) is 16.1 Å². The first-order valence-electron chi connectivity index (χ1n) is 8.90. The lowest BCUT2D eigenvalue weighted by atomic mass is 9.90. The molecular weight excluding hydrogens is 310 g/mol. The van der Waals surface area contributed by atoms with Gasteiger partial charge in [-0.15, -0.1) is 0 Å². The van der Waals surface area contributed by atoms with Crippen LogP contribution < -0.4 is 0 Å². The average Bonchev–Trinajstić information content (AvgIpc) is 2.63. The van der Waals surface area contributed by atoms with Crippen LogP contribution in [0.4, 0.5) is 0 Å². The van der Waals surface area contributed by atoms with Gasteiger partial charge in [0.2, 0.25) is 0 Å². The molecule has 0 N–H and O–H groups in total. The van der Waals surface area contributed by atoms with Crippen LogP contribution in [0, 0.1) is 6.92 Å². The van der Waals surface area contributed by atoms with Crippen LogP contribution in [0.3, 0.4) is 0 Å². The first-order valence-corrected chi connectivity index (χ1v) is 8.90. The molecule has 0 saturated heterocycles. The molecule has 0 radical (unpaired) electrons. The summed E-state index contributed by atoms with van der Waals surface area (Å²) in [5.74, 6) is -0.182. The Kier molecular flexibility index (Phi) is 5.67. The lowest BCUT2D eigenvalue weighted by molar-refractivity contribution is -0.138. The van der Waals surface area contributed by atoms with Crippen LogP contribution in [0.5, 0.6) is 0 Å². The Morgan fingerprint density at radius 3 is 2.52 bits per heavy atom. The maximum atomic E-state index is 12.6. The maximum absolute atomic E-state index is 12.6. The van der Waals surface area contributed by atoms with Crippen molar-refractivity contribution < 1.29 is 9.53 Å². The van der Waals surface area contributed by atoms with E-state index in [-0.39, 0.29) is 5.97 Å². The van der Waals surface area contributed by atoms with E-state index in [0.29, 0.717) is 13.2 Å². The molecule has 130 valence electrons. The normalized spacial score (nSPS) is 15.3. The third kappa shape index (κ3) is 4.18. The molecular formula is C22H25NO2. The number of hydrogen-bond acceptors (Lipinski definition) is 3. The summed E-state index contributed by atoms with van der Waals surface area (Å²) in [5, 5.41) is 0. The first kappa shape index (κ1) is 17.4. The highest BCUT2D eigenvalue weighted by atomic mass is 16.5. The van der Waals surface area contributed by atoms with Crippen molar-refractivity contribution >= 4 is 11.5 Å². The van der Waals surface area contributed by atoms with Crippen molar-refractivity contribution in [3.8, 4) is 0 Å². The molecule has 3 heteroatoms. The van der Waals surface area contributed by atoms with Gasteiger partial charge in [-0.25, -0.2) is 4.79 Å². The lowest BCUT2D eigenvalue weighted by Gasteiger charge is -2.30. The number of aryl methyl sites for hydroxylation is 1. The second kappa shape index (κ2) is 8.13. The van der Waals surface area contributed by atoms with E-state index in [1.54, 1.807) is 0 Å². The molecule has 0 bridgehead atoms. The fraction of sp³-hybridized carbons (Fsp3) is 0.318. The predicted octanol–water partition coefficient (Wildman–Crippen LogP) is 4.22. The molecule has 1 aliphatic heterocycles. The Balaban J connectivity index is 1.89. The molecule has 0 amide bonds. The van der Waals surface area contributed by atoms with Crippen LogP contribution in [-0.4, -0.2) is 30.6 Å². The molecule has 0 saturated carbocycles. The van der Waals surface area contributed by atoms with Crippen molar-refractivity contribution in [3.05, 3.63) is 76.9 Å². The van der Waals surface area contributed by atoms with Gasteiger partial charge in [-0.1, -0.05) is 54.6 Å². The largest absolute Gasteiger partial charge is 0.463 e. The highest BCUT2D eigenvalue weighted by molar-refractivity contribution is 5.99. The number of ether oxygens (including phenoxy) is 1. The molecule has 2 aromatic carbocycles. The fourth-order valence-electron chi connectivity index (χ4n) is 3.41. The number of carbonyl (C=O) groups is 1. The van der Waals surface area contributed by atoms with Crippen molar-refractivity contribution in [1.82, 2.24) is 4.90 Å². The lowest BCUT2D eigenvalue weighted by Crippen LogP contribution is -2.34. The van der Waals surface area contributed by atoms with Gasteiger partial charge in [0.05, 0.1) is 12.2 Å². The first-order chi connectivity index (χ1) is 12.2. The van der Waals surface area contributed by atoms with E-state index in [1.807, 2.05) is 25.1 Å². The van der Waals surface area contributed by atoms with Crippen molar-refractivity contribution in [3.63, 3.8) is 0 Å². The molecule has 0 fully saturated rings. The topological polar surface area (TPSA) is 29.5 Å². The van der Waals surface area contributed by atoms with E-state index >= 15 is 0 Å². The van der Waals surface area contributed by atoms with Gasteiger partial charge in [0.25, 0.3) is 0 Å². The monoisotopic (exact) mass is 335 g/mol. The van der Waals surface area contributed by atoms with Crippen LogP contribution in [0.15, 0.2) is 60.2 Å². The Morgan fingerprint density at radius 1 is 1.08 bits per heavy atom. The predicted molar refractivity (Wildman–Crippen MR) is 101 cm³/mol. The van der Waals surface area contributed by atoms with Crippen molar-refractivity contribution in [2.24, 2.45) is 0 Å². The van der Waals surface area contributed by atoms with Crippen molar-refractivity contribution in [2.45, 2.75) is 26.8 Å². The summed E-state index contributed by atoms with van der Waals surface area (Å²) in [7, 11) is 0. The summed E-state index contributed by atoms with van der Waals surface area (Å²) >= 11 is 0. The Labute approximate surface area is 149 Å². The van der Waals surface area contributed by atoms with Gasteiger partial charge in [0.1, 0.15) is 0 Å². The highest BCUT2D eigenvalue weighted by Crippen LogP contribution is 2.30. The minimum absolute atomic E-state index is 0.182. The van der Waals surface area contributed by atoms with Gasteiger partial charge < -0.3 is 4.74 Å². The van der Waals surface area contributed by atoms with E-state index in [0.717, 1.165) is 30.7 Å². The van der Waals surface area contributed by atoms with E-state index < -0.39 is 0 Å². The summed E-state index contributed by atoms with van der Waals surface area (Å²) in [6, 6.07) is 18.7. The molecule has 0 aliphatic carbocycles. The van der Waals surface area contributed by atoms with E-state index in [4.69, 9.17) is 4.74 Å². The van der Waals surface area contributed by atoms with Crippen LogP contribution in [0.2, 0.25) is 0 Å². The second-order valence-corrected chi connectivity index (χ2v) is 6.44. The molecule has 0 aromatic heterocycles. The van der Waals surface area contributed by atoms with E-state index in [1.165, 1.54) is 16.7 Å². The molecule has 3 rings (SSSR count). The van der Waals surface area contributed by atoms with Gasteiger partial charge >= 0.3 is 5.97 Å². The third-order valence-electron chi connectivity index (χ3n) is 4.67.